The van der Waals surface area contributed by atoms with Gasteiger partial charge in [-0.25, -0.2) is 5.06 Å². The summed E-state index contributed by atoms with van der Waals surface area (Å²) in [6, 6.07) is 8.32. The maximum absolute atomic E-state index is 5.73. The molecule has 1 aromatic carbocycles. The smallest absolute Gasteiger partial charge is 0.0748 e. The van der Waals surface area contributed by atoms with Crippen molar-refractivity contribution in [1.29, 1.82) is 0 Å². The number of hydrogen-bond donors (Lipinski definition) is 0. The number of rotatable bonds is 4. The predicted octanol–water partition coefficient (Wildman–Crippen LogP) is 3.25. The van der Waals surface area contributed by atoms with E-state index in [-0.39, 0.29) is 0 Å². The summed E-state index contributed by atoms with van der Waals surface area (Å²) in [6.07, 6.45) is 6.57. The molecule has 0 spiro atoms. The molecule has 1 heterocycles. The zero-order chi connectivity index (χ0) is 10.5. The van der Waals surface area contributed by atoms with Crippen molar-refractivity contribution in [1.82, 2.24) is 0 Å². The highest BCUT2D eigenvalue weighted by molar-refractivity contribution is 5.69. The van der Waals surface area contributed by atoms with Crippen molar-refractivity contribution in [2.45, 2.75) is 19.8 Å². The van der Waals surface area contributed by atoms with E-state index in [2.05, 4.69) is 37.3 Å². The van der Waals surface area contributed by atoms with Gasteiger partial charge in [0.2, 0.25) is 0 Å². The molecule has 2 rings (SSSR count). The molecule has 0 saturated heterocycles. The van der Waals surface area contributed by atoms with Gasteiger partial charge in [0, 0.05) is 0 Å². The number of anilines is 1. The van der Waals surface area contributed by atoms with Crippen molar-refractivity contribution >= 4 is 11.8 Å². The fourth-order valence-electron chi connectivity index (χ4n) is 1.67. The molecule has 0 saturated carbocycles. The normalized spacial score (nSPS) is 14.1. The maximum Gasteiger partial charge on any atom is 0.0748 e. The molecule has 0 atom stereocenters. The molecular formula is C13H17NO. The Morgan fingerprint density at radius 2 is 2.20 bits per heavy atom. The van der Waals surface area contributed by atoms with Crippen LogP contribution in [0.15, 0.2) is 30.3 Å². The highest BCUT2D eigenvalue weighted by Crippen LogP contribution is 2.25. The molecule has 0 N–H and O–H groups in total. The predicted molar refractivity (Wildman–Crippen MR) is 63.7 cm³/mol. The van der Waals surface area contributed by atoms with E-state index in [4.69, 9.17) is 4.84 Å². The standard InChI is InChI=1S/C13H17NO/c1-2-3-11-15-14-10-6-8-12-7-4-5-9-13(12)14/h4-9H,2-3,10-11H2,1H3. The van der Waals surface area contributed by atoms with Crippen LogP contribution in [0.25, 0.3) is 6.08 Å². The van der Waals surface area contributed by atoms with Crippen molar-refractivity contribution in [3.63, 3.8) is 0 Å². The number of benzene rings is 1. The van der Waals surface area contributed by atoms with Crippen LogP contribution in [0.5, 0.6) is 0 Å². The minimum absolute atomic E-state index is 0.804. The summed E-state index contributed by atoms with van der Waals surface area (Å²) in [4.78, 5) is 5.73. The molecule has 0 bridgehead atoms. The second kappa shape index (κ2) is 4.99. The van der Waals surface area contributed by atoms with Crippen LogP contribution >= 0.6 is 0 Å². The van der Waals surface area contributed by atoms with Crippen LogP contribution in [-0.4, -0.2) is 13.2 Å². The lowest BCUT2D eigenvalue weighted by Crippen LogP contribution is -2.26. The van der Waals surface area contributed by atoms with Crippen LogP contribution in [-0.2, 0) is 4.84 Å². The van der Waals surface area contributed by atoms with Gasteiger partial charge in [-0.15, -0.1) is 0 Å². The first-order valence-corrected chi connectivity index (χ1v) is 5.58. The van der Waals surface area contributed by atoms with Crippen molar-refractivity contribution < 1.29 is 4.84 Å². The van der Waals surface area contributed by atoms with E-state index in [1.54, 1.807) is 0 Å². The van der Waals surface area contributed by atoms with Gasteiger partial charge in [-0.1, -0.05) is 43.7 Å². The van der Waals surface area contributed by atoms with Crippen molar-refractivity contribution in [2.75, 3.05) is 18.2 Å². The Labute approximate surface area is 91.1 Å². The molecule has 0 aliphatic carbocycles. The van der Waals surface area contributed by atoms with E-state index in [0.717, 1.165) is 19.6 Å². The summed E-state index contributed by atoms with van der Waals surface area (Å²) in [6.45, 7) is 3.83. The van der Waals surface area contributed by atoms with E-state index < -0.39 is 0 Å². The summed E-state index contributed by atoms with van der Waals surface area (Å²) in [5.41, 5.74) is 2.41. The monoisotopic (exact) mass is 203 g/mol. The fraction of sp³-hybridized carbons (Fsp3) is 0.385. The summed E-state index contributed by atoms with van der Waals surface area (Å²) >= 11 is 0. The summed E-state index contributed by atoms with van der Waals surface area (Å²) < 4.78 is 0. The molecule has 2 nitrogen and oxygen atoms in total. The number of nitrogens with zero attached hydrogens (tertiary/aromatic N) is 1. The second-order valence-electron chi connectivity index (χ2n) is 3.71. The molecular weight excluding hydrogens is 186 g/mol. The van der Waals surface area contributed by atoms with E-state index in [9.17, 15) is 0 Å². The molecule has 1 aliphatic heterocycles. The SMILES string of the molecule is CCCCON1CC=Cc2ccccc21. The Bertz CT molecular complexity index is 346. The van der Waals surface area contributed by atoms with Gasteiger partial charge in [0.25, 0.3) is 0 Å². The van der Waals surface area contributed by atoms with Gasteiger partial charge in [0.05, 0.1) is 18.8 Å². The first kappa shape index (κ1) is 10.2. The third kappa shape index (κ3) is 2.39. The zero-order valence-electron chi connectivity index (χ0n) is 9.15. The van der Waals surface area contributed by atoms with Crippen LogP contribution in [0.1, 0.15) is 25.3 Å². The largest absolute Gasteiger partial charge is 0.273 e. The Kier molecular flexibility index (Phi) is 3.41. The number of unbranched alkanes of at least 4 members (excludes halogenated alkanes) is 1. The first-order chi connectivity index (χ1) is 7.42. The van der Waals surface area contributed by atoms with E-state index in [1.807, 2.05) is 11.1 Å². The Hall–Kier alpha value is -1.28. The molecule has 0 aromatic heterocycles. The van der Waals surface area contributed by atoms with Gasteiger partial charge in [-0.2, -0.15) is 0 Å². The van der Waals surface area contributed by atoms with Gasteiger partial charge >= 0.3 is 0 Å². The fourth-order valence-corrected chi connectivity index (χ4v) is 1.67. The average molecular weight is 203 g/mol. The van der Waals surface area contributed by atoms with Crippen molar-refractivity contribution in [3.05, 3.63) is 35.9 Å². The van der Waals surface area contributed by atoms with Crippen molar-refractivity contribution in [2.24, 2.45) is 0 Å². The molecule has 15 heavy (non-hydrogen) atoms. The molecule has 2 heteroatoms. The van der Waals surface area contributed by atoms with Gasteiger partial charge in [0.1, 0.15) is 0 Å². The van der Waals surface area contributed by atoms with Gasteiger partial charge < -0.3 is 0 Å². The van der Waals surface area contributed by atoms with Gasteiger partial charge in [0.15, 0.2) is 0 Å². The van der Waals surface area contributed by atoms with Crippen molar-refractivity contribution in [3.8, 4) is 0 Å². The lowest BCUT2D eigenvalue weighted by molar-refractivity contribution is 0.111. The van der Waals surface area contributed by atoms with Gasteiger partial charge in [-0.3, -0.25) is 4.84 Å². The Morgan fingerprint density at radius 1 is 1.33 bits per heavy atom. The molecule has 0 unspecified atom stereocenters. The molecule has 0 fully saturated rings. The van der Waals surface area contributed by atoms with Crippen LogP contribution < -0.4 is 5.06 Å². The molecule has 1 aromatic rings. The number of fused-ring (bicyclic) bond motifs is 1. The van der Waals surface area contributed by atoms with Gasteiger partial charge in [-0.05, 0) is 18.1 Å². The summed E-state index contributed by atoms with van der Waals surface area (Å²) in [5.74, 6) is 0. The van der Waals surface area contributed by atoms with E-state index in [1.165, 1.54) is 17.7 Å². The zero-order valence-corrected chi connectivity index (χ0v) is 9.15. The molecule has 80 valence electrons. The topological polar surface area (TPSA) is 12.5 Å². The summed E-state index contributed by atoms with van der Waals surface area (Å²) in [5, 5.41) is 1.98. The van der Waals surface area contributed by atoms with Crippen LogP contribution in [0.4, 0.5) is 5.69 Å². The quantitative estimate of drug-likeness (QED) is 0.696. The Balaban J connectivity index is 2.05. The third-order valence-corrected chi connectivity index (χ3v) is 2.52. The summed E-state index contributed by atoms with van der Waals surface area (Å²) in [7, 11) is 0. The highest BCUT2D eigenvalue weighted by Gasteiger charge is 2.12. The second-order valence-corrected chi connectivity index (χ2v) is 3.71. The number of para-hydroxylation sites is 1. The lowest BCUT2D eigenvalue weighted by Gasteiger charge is -2.26. The highest BCUT2D eigenvalue weighted by atomic mass is 16.7. The average Bonchev–Trinajstić information content (AvgIpc) is 2.30. The van der Waals surface area contributed by atoms with E-state index >= 15 is 0 Å². The molecule has 1 aliphatic rings. The minimum atomic E-state index is 0.804. The first-order valence-electron chi connectivity index (χ1n) is 5.58. The number of hydrogen-bond acceptors (Lipinski definition) is 2. The van der Waals surface area contributed by atoms with E-state index in [0.29, 0.717) is 0 Å². The Morgan fingerprint density at radius 3 is 3.07 bits per heavy atom. The van der Waals surface area contributed by atoms with Crippen LogP contribution in [0.2, 0.25) is 0 Å². The van der Waals surface area contributed by atoms with Crippen LogP contribution in [0, 0.1) is 0 Å². The third-order valence-electron chi connectivity index (χ3n) is 2.52. The lowest BCUT2D eigenvalue weighted by atomic mass is 10.1. The molecule has 0 amide bonds. The minimum Gasteiger partial charge on any atom is -0.273 e. The molecule has 0 radical (unpaired) electrons. The number of hydroxylamine groups is 1. The van der Waals surface area contributed by atoms with Crippen LogP contribution in [0.3, 0.4) is 0 Å². The maximum atomic E-state index is 5.73.